The fourth-order valence-electron chi connectivity index (χ4n) is 1.61. The van der Waals surface area contributed by atoms with Crippen LogP contribution in [0, 0.1) is 17.2 Å². The van der Waals surface area contributed by atoms with Crippen LogP contribution in [0.25, 0.3) is 0 Å². The number of hydrogen-bond acceptors (Lipinski definition) is 4. The minimum atomic E-state index is -3.58. The highest BCUT2D eigenvalue weighted by atomic mass is 32.2. The first-order valence-electron chi connectivity index (χ1n) is 6.48. The molecular formula is C14H19N3O3S. The molecule has 1 aromatic rings. The number of nitrogens with zero attached hydrogens (tertiary/aromatic N) is 2. The Labute approximate surface area is 125 Å². The molecule has 1 rings (SSSR count). The average molecular weight is 309 g/mol. The second kappa shape index (κ2) is 7.09. The van der Waals surface area contributed by atoms with Gasteiger partial charge in [-0.2, -0.15) is 5.26 Å². The van der Waals surface area contributed by atoms with Crippen LogP contribution in [-0.2, 0) is 14.8 Å². The molecule has 0 aromatic heterocycles. The van der Waals surface area contributed by atoms with Crippen molar-refractivity contribution >= 4 is 21.6 Å². The summed E-state index contributed by atoms with van der Waals surface area (Å²) in [5, 5.41) is 11.4. The second-order valence-corrected chi connectivity index (χ2v) is 7.03. The average Bonchev–Trinajstić information content (AvgIpc) is 2.41. The maximum atomic E-state index is 11.8. The van der Waals surface area contributed by atoms with Crippen molar-refractivity contribution in [1.82, 2.24) is 5.32 Å². The van der Waals surface area contributed by atoms with Crippen molar-refractivity contribution in [2.75, 3.05) is 23.7 Å². The van der Waals surface area contributed by atoms with Crippen LogP contribution in [0.3, 0.4) is 0 Å². The van der Waals surface area contributed by atoms with E-state index in [1.165, 1.54) is 24.3 Å². The summed E-state index contributed by atoms with van der Waals surface area (Å²) in [6.45, 7) is 4.12. The quantitative estimate of drug-likeness (QED) is 0.852. The predicted octanol–water partition coefficient (Wildman–Crippen LogP) is 1.10. The third-order valence-corrected chi connectivity index (χ3v) is 3.82. The summed E-state index contributed by atoms with van der Waals surface area (Å²) in [5.41, 5.74) is 0.785. The van der Waals surface area contributed by atoms with Crippen molar-refractivity contribution in [3.63, 3.8) is 0 Å². The molecule has 0 spiro atoms. The van der Waals surface area contributed by atoms with Crippen molar-refractivity contribution in [3.05, 3.63) is 29.8 Å². The lowest BCUT2D eigenvalue weighted by Crippen LogP contribution is -2.41. The van der Waals surface area contributed by atoms with Gasteiger partial charge in [0.05, 0.1) is 23.6 Å². The number of anilines is 1. The highest BCUT2D eigenvalue weighted by molar-refractivity contribution is 7.92. The van der Waals surface area contributed by atoms with Gasteiger partial charge in [0, 0.05) is 6.54 Å². The lowest BCUT2D eigenvalue weighted by atomic mass is 10.2. The summed E-state index contributed by atoms with van der Waals surface area (Å²) < 4.78 is 24.7. The van der Waals surface area contributed by atoms with Crippen molar-refractivity contribution in [2.45, 2.75) is 13.8 Å². The number of nitrogens with one attached hydrogen (secondary N) is 1. The highest BCUT2D eigenvalue weighted by Crippen LogP contribution is 2.17. The van der Waals surface area contributed by atoms with Gasteiger partial charge in [-0.3, -0.25) is 9.10 Å². The standard InChI is InChI=1S/C14H19N3O3S/c1-11(2)9-16-14(18)10-17(21(3,19)20)13-6-4-12(8-15)5-7-13/h4-7,11H,9-10H2,1-3H3,(H,16,18). The number of nitriles is 1. The predicted molar refractivity (Wildman–Crippen MR) is 81.2 cm³/mol. The van der Waals surface area contributed by atoms with Crippen LogP contribution in [0.5, 0.6) is 0 Å². The third kappa shape index (κ3) is 5.44. The van der Waals surface area contributed by atoms with Crippen molar-refractivity contribution in [3.8, 4) is 6.07 Å². The van der Waals surface area contributed by atoms with Crippen molar-refractivity contribution < 1.29 is 13.2 Å². The van der Waals surface area contributed by atoms with Gasteiger partial charge in [0.25, 0.3) is 0 Å². The molecular weight excluding hydrogens is 290 g/mol. The van der Waals surface area contributed by atoms with Gasteiger partial charge >= 0.3 is 0 Å². The Morgan fingerprint density at radius 3 is 2.33 bits per heavy atom. The molecule has 114 valence electrons. The molecule has 1 amide bonds. The van der Waals surface area contributed by atoms with Gasteiger partial charge in [-0.1, -0.05) is 13.8 Å². The zero-order valence-electron chi connectivity index (χ0n) is 12.3. The number of sulfonamides is 1. The summed E-state index contributed by atoms with van der Waals surface area (Å²) in [7, 11) is -3.58. The number of carbonyl (C=O) groups is 1. The fourth-order valence-corrected chi connectivity index (χ4v) is 2.46. The Kier molecular flexibility index (Phi) is 5.73. The van der Waals surface area contributed by atoms with Crippen LogP contribution < -0.4 is 9.62 Å². The lowest BCUT2D eigenvalue weighted by Gasteiger charge is -2.22. The molecule has 0 saturated carbocycles. The summed E-state index contributed by atoms with van der Waals surface area (Å²) in [4.78, 5) is 11.8. The van der Waals surface area contributed by atoms with Crippen LogP contribution in [0.15, 0.2) is 24.3 Å². The minimum absolute atomic E-state index is 0.280. The van der Waals surface area contributed by atoms with Gasteiger partial charge in [-0.15, -0.1) is 0 Å². The van der Waals surface area contributed by atoms with Gasteiger partial charge in [-0.05, 0) is 30.2 Å². The van der Waals surface area contributed by atoms with Crippen LogP contribution >= 0.6 is 0 Å². The molecule has 0 saturated heterocycles. The zero-order valence-corrected chi connectivity index (χ0v) is 13.1. The van der Waals surface area contributed by atoms with Crippen LogP contribution in [0.1, 0.15) is 19.4 Å². The SMILES string of the molecule is CC(C)CNC(=O)CN(c1ccc(C#N)cc1)S(C)(=O)=O. The summed E-state index contributed by atoms with van der Waals surface area (Å²) in [5.74, 6) is -0.0750. The molecule has 0 fully saturated rings. The first-order chi connectivity index (χ1) is 9.74. The maximum absolute atomic E-state index is 11.8. The first-order valence-corrected chi connectivity index (χ1v) is 8.33. The molecule has 7 heteroatoms. The topological polar surface area (TPSA) is 90.3 Å². The molecule has 0 aliphatic rings. The van der Waals surface area contributed by atoms with E-state index in [-0.39, 0.29) is 18.4 Å². The Bertz CT molecular complexity index is 630. The zero-order chi connectivity index (χ0) is 16.0. The molecule has 0 aliphatic heterocycles. The molecule has 0 aliphatic carbocycles. The molecule has 21 heavy (non-hydrogen) atoms. The van der Waals surface area contributed by atoms with E-state index < -0.39 is 10.0 Å². The number of rotatable bonds is 6. The molecule has 6 nitrogen and oxygen atoms in total. The summed E-state index contributed by atoms with van der Waals surface area (Å²) >= 11 is 0. The number of carbonyl (C=O) groups excluding carboxylic acids is 1. The van der Waals surface area contributed by atoms with Gasteiger partial charge < -0.3 is 5.32 Å². The highest BCUT2D eigenvalue weighted by Gasteiger charge is 2.20. The smallest absolute Gasteiger partial charge is 0.240 e. The Morgan fingerprint density at radius 1 is 1.33 bits per heavy atom. The molecule has 0 atom stereocenters. The van der Waals surface area contributed by atoms with Gasteiger partial charge in [0.15, 0.2) is 0 Å². The molecule has 0 unspecified atom stereocenters. The Hall–Kier alpha value is -2.07. The van der Waals surface area contributed by atoms with E-state index >= 15 is 0 Å². The van der Waals surface area contributed by atoms with E-state index in [1.807, 2.05) is 19.9 Å². The van der Waals surface area contributed by atoms with E-state index in [1.54, 1.807) is 0 Å². The van der Waals surface area contributed by atoms with E-state index in [9.17, 15) is 13.2 Å². The third-order valence-electron chi connectivity index (χ3n) is 2.68. The number of hydrogen-bond donors (Lipinski definition) is 1. The van der Waals surface area contributed by atoms with Gasteiger partial charge in [0.1, 0.15) is 6.54 Å². The number of benzene rings is 1. The fraction of sp³-hybridized carbons (Fsp3) is 0.429. The largest absolute Gasteiger partial charge is 0.354 e. The van der Waals surface area contributed by atoms with E-state index in [0.29, 0.717) is 17.8 Å². The van der Waals surface area contributed by atoms with Crippen LogP contribution in [-0.4, -0.2) is 33.7 Å². The monoisotopic (exact) mass is 309 g/mol. The van der Waals surface area contributed by atoms with Crippen molar-refractivity contribution in [2.24, 2.45) is 5.92 Å². The summed E-state index contributed by atoms with van der Waals surface area (Å²) in [6, 6.07) is 8.00. The van der Waals surface area contributed by atoms with E-state index in [0.717, 1.165) is 10.6 Å². The van der Waals surface area contributed by atoms with Gasteiger partial charge in [0.2, 0.25) is 15.9 Å². The Morgan fingerprint density at radius 2 is 1.90 bits per heavy atom. The molecule has 0 bridgehead atoms. The summed E-state index contributed by atoms with van der Waals surface area (Å²) in [6.07, 6.45) is 1.04. The molecule has 1 aromatic carbocycles. The van der Waals surface area contributed by atoms with E-state index in [4.69, 9.17) is 5.26 Å². The van der Waals surface area contributed by atoms with Crippen LogP contribution in [0.4, 0.5) is 5.69 Å². The minimum Gasteiger partial charge on any atom is -0.354 e. The first kappa shape index (κ1) is 17.0. The maximum Gasteiger partial charge on any atom is 0.240 e. The molecule has 0 heterocycles. The number of amides is 1. The van der Waals surface area contributed by atoms with Crippen molar-refractivity contribution in [1.29, 1.82) is 5.26 Å². The van der Waals surface area contributed by atoms with Crippen LogP contribution in [0.2, 0.25) is 0 Å². The molecule has 0 radical (unpaired) electrons. The van der Waals surface area contributed by atoms with E-state index in [2.05, 4.69) is 5.32 Å². The normalized spacial score (nSPS) is 11.0. The van der Waals surface area contributed by atoms with Gasteiger partial charge in [-0.25, -0.2) is 8.42 Å². The second-order valence-electron chi connectivity index (χ2n) is 5.13. The lowest BCUT2D eigenvalue weighted by molar-refractivity contribution is -0.119. The Balaban J connectivity index is 2.92. The molecule has 1 N–H and O–H groups in total.